The van der Waals surface area contributed by atoms with Crippen LogP contribution in [0.1, 0.15) is 60.8 Å². The number of piperazine rings is 1. The third-order valence-corrected chi connectivity index (χ3v) is 4.35. The van der Waals surface area contributed by atoms with E-state index in [0.29, 0.717) is 12.2 Å². The Bertz CT molecular complexity index is 362. The van der Waals surface area contributed by atoms with Gasteiger partial charge >= 0.3 is 0 Å². The van der Waals surface area contributed by atoms with E-state index < -0.39 is 0 Å². The first-order valence-electron chi connectivity index (χ1n) is 9.57. The van der Waals surface area contributed by atoms with E-state index >= 15 is 0 Å². The fourth-order valence-corrected chi connectivity index (χ4v) is 3.14. The quantitative estimate of drug-likeness (QED) is 0.664. The van der Waals surface area contributed by atoms with Gasteiger partial charge in [0.25, 0.3) is 0 Å². The van der Waals surface area contributed by atoms with Crippen molar-refractivity contribution in [2.45, 2.75) is 84.2 Å². The lowest BCUT2D eigenvalue weighted by atomic mass is 9.91. The standard InChI is InChI=1S/C19H38N2O3/c1-18(2,3)22-13-7-8-20-9-11-21(12-10-20)24-17-14-16(15-17)23-19(4,5)6/h16-17H,7-15H2,1-6H3. The molecule has 0 radical (unpaired) electrons. The second-order valence-corrected chi connectivity index (χ2v) is 9.14. The largest absolute Gasteiger partial charge is 0.376 e. The number of hydrogen-bond donors (Lipinski definition) is 0. The van der Waals surface area contributed by atoms with Crippen molar-refractivity contribution in [3.05, 3.63) is 0 Å². The molecule has 1 saturated heterocycles. The second kappa shape index (κ2) is 8.45. The van der Waals surface area contributed by atoms with E-state index in [1.165, 1.54) is 0 Å². The van der Waals surface area contributed by atoms with Crippen molar-refractivity contribution in [1.82, 2.24) is 9.96 Å². The van der Waals surface area contributed by atoms with E-state index in [4.69, 9.17) is 14.3 Å². The van der Waals surface area contributed by atoms with Gasteiger partial charge in [-0.3, -0.25) is 4.84 Å². The van der Waals surface area contributed by atoms with Crippen LogP contribution in [0.2, 0.25) is 0 Å². The summed E-state index contributed by atoms with van der Waals surface area (Å²) in [5.74, 6) is 0. The summed E-state index contributed by atoms with van der Waals surface area (Å²) in [6, 6.07) is 0. The van der Waals surface area contributed by atoms with Crippen molar-refractivity contribution in [2.75, 3.05) is 39.3 Å². The van der Waals surface area contributed by atoms with Gasteiger partial charge in [0.05, 0.1) is 23.4 Å². The molecule has 0 amide bonds. The average molecular weight is 343 g/mol. The molecule has 142 valence electrons. The summed E-state index contributed by atoms with van der Waals surface area (Å²) in [6.45, 7) is 18.8. The van der Waals surface area contributed by atoms with E-state index in [9.17, 15) is 0 Å². The minimum atomic E-state index is -0.0437. The third-order valence-electron chi connectivity index (χ3n) is 4.35. The van der Waals surface area contributed by atoms with Crippen LogP contribution in [0.25, 0.3) is 0 Å². The predicted octanol–water partition coefficient (Wildman–Crippen LogP) is 3.09. The number of ether oxygens (including phenoxy) is 2. The second-order valence-electron chi connectivity index (χ2n) is 9.14. The van der Waals surface area contributed by atoms with Gasteiger partial charge in [0.1, 0.15) is 0 Å². The maximum absolute atomic E-state index is 6.09. The molecule has 0 unspecified atom stereocenters. The van der Waals surface area contributed by atoms with Crippen molar-refractivity contribution < 1.29 is 14.3 Å². The molecule has 0 bridgehead atoms. The Labute approximate surface area is 148 Å². The molecule has 5 heteroatoms. The van der Waals surface area contributed by atoms with Gasteiger partial charge in [-0.15, -0.1) is 0 Å². The Balaban J connectivity index is 1.51. The highest BCUT2D eigenvalue weighted by Gasteiger charge is 2.35. The molecule has 1 aliphatic heterocycles. The first-order valence-corrected chi connectivity index (χ1v) is 9.57. The first-order chi connectivity index (χ1) is 11.1. The monoisotopic (exact) mass is 342 g/mol. The Kier molecular flexibility index (Phi) is 7.09. The lowest BCUT2D eigenvalue weighted by Crippen LogP contribution is -2.51. The van der Waals surface area contributed by atoms with E-state index in [-0.39, 0.29) is 11.2 Å². The van der Waals surface area contributed by atoms with Crippen LogP contribution >= 0.6 is 0 Å². The zero-order valence-electron chi connectivity index (χ0n) is 16.6. The zero-order valence-corrected chi connectivity index (χ0v) is 16.6. The molecule has 0 N–H and O–H groups in total. The number of hydroxylamine groups is 2. The SMILES string of the molecule is CC(C)(C)OCCCN1CCN(OC2CC(OC(C)(C)C)C2)CC1. The summed E-state index contributed by atoms with van der Waals surface area (Å²) in [5, 5.41) is 2.15. The molecule has 0 aromatic heterocycles. The maximum atomic E-state index is 6.09. The number of nitrogens with zero attached hydrogens (tertiary/aromatic N) is 2. The highest BCUT2D eigenvalue weighted by atomic mass is 16.7. The molecule has 5 nitrogen and oxygen atoms in total. The minimum absolute atomic E-state index is 0.0239. The minimum Gasteiger partial charge on any atom is -0.376 e. The van der Waals surface area contributed by atoms with Crippen molar-refractivity contribution in [2.24, 2.45) is 0 Å². The molecular weight excluding hydrogens is 304 g/mol. The molecule has 2 rings (SSSR count). The van der Waals surface area contributed by atoms with E-state index in [1.807, 2.05) is 0 Å². The molecule has 1 saturated carbocycles. The van der Waals surface area contributed by atoms with Gasteiger partial charge in [-0.25, -0.2) is 0 Å². The Morgan fingerprint density at radius 1 is 0.833 bits per heavy atom. The van der Waals surface area contributed by atoms with Crippen LogP contribution in [0, 0.1) is 0 Å². The summed E-state index contributed by atoms with van der Waals surface area (Å²) in [5.41, 5.74) is -0.0676. The maximum Gasteiger partial charge on any atom is 0.0842 e. The van der Waals surface area contributed by atoms with Crippen LogP contribution < -0.4 is 0 Å². The lowest BCUT2D eigenvalue weighted by molar-refractivity contribution is -0.257. The van der Waals surface area contributed by atoms with Gasteiger partial charge in [-0.2, -0.15) is 5.06 Å². The first kappa shape index (κ1) is 20.1. The highest BCUT2D eigenvalue weighted by molar-refractivity contribution is 4.83. The van der Waals surface area contributed by atoms with Crippen molar-refractivity contribution >= 4 is 0 Å². The molecule has 0 aromatic carbocycles. The highest BCUT2D eigenvalue weighted by Crippen LogP contribution is 2.30. The van der Waals surface area contributed by atoms with Crippen LogP contribution in [0.3, 0.4) is 0 Å². The molecule has 1 aliphatic carbocycles. The van der Waals surface area contributed by atoms with E-state index in [2.05, 4.69) is 51.5 Å². The summed E-state index contributed by atoms with van der Waals surface area (Å²) in [6.07, 6.45) is 3.89. The van der Waals surface area contributed by atoms with Crippen molar-refractivity contribution in [1.29, 1.82) is 0 Å². The fourth-order valence-electron chi connectivity index (χ4n) is 3.14. The summed E-state index contributed by atoms with van der Waals surface area (Å²) in [7, 11) is 0. The summed E-state index contributed by atoms with van der Waals surface area (Å²) >= 11 is 0. The third kappa shape index (κ3) is 7.79. The molecule has 24 heavy (non-hydrogen) atoms. The molecule has 1 heterocycles. The number of hydrogen-bond acceptors (Lipinski definition) is 5. The average Bonchev–Trinajstić information content (AvgIpc) is 2.40. The van der Waals surface area contributed by atoms with Crippen molar-refractivity contribution in [3.8, 4) is 0 Å². The molecule has 2 fully saturated rings. The van der Waals surface area contributed by atoms with Crippen LogP contribution in [0.4, 0.5) is 0 Å². The van der Waals surface area contributed by atoms with Crippen LogP contribution in [0.5, 0.6) is 0 Å². The molecule has 0 aromatic rings. The molecule has 2 aliphatic rings. The fraction of sp³-hybridized carbons (Fsp3) is 1.00. The van der Waals surface area contributed by atoms with Gasteiger partial charge in [-0.05, 0) is 48.0 Å². The van der Waals surface area contributed by atoms with E-state index in [1.54, 1.807) is 0 Å². The predicted molar refractivity (Wildman–Crippen MR) is 97.1 cm³/mol. The molecular formula is C19H38N2O3. The Hall–Kier alpha value is -0.200. The van der Waals surface area contributed by atoms with Gasteiger partial charge in [0.2, 0.25) is 0 Å². The Morgan fingerprint density at radius 2 is 1.46 bits per heavy atom. The Morgan fingerprint density at radius 3 is 2.00 bits per heavy atom. The normalized spacial score (nSPS) is 27.2. The van der Waals surface area contributed by atoms with Crippen LogP contribution in [-0.4, -0.2) is 72.7 Å². The van der Waals surface area contributed by atoms with Gasteiger partial charge in [-0.1, -0.05) is 0 Å². The van der Waals surface area contributed by atoms with Gasteiger partial charge in [0.15, 0.2) is 0 Å². The summed E-state index contributed by atoms with van der Waals surface area (Å²) in [4.78, 5) is 8.60. The van der Waals surface area contributed by atoms with Crippen molar-refractivity contribution in [3.63, 3.8) is 0 Å². The van der Waals surface area contributed by atoms with Gasteiger partial charge in [0, 0.05) is 52.2 Å². The molecule has 0 atom stereocenters. The smallest absolute Gasteiger partial charge is 0.0842 e. The van der Waals surface area contributed by atoms with E-state index in [0.717, 1.165) is 58.6 Å². The lowest BCUT2D eigenvalue weighted by Gasteiger charge is -2.42. The summed E-state index contributed by atoms with van der Waals surface area (Å²) < 4.78 is 11.8. The molecule has 0 spiro atoms. The number of rotatable bonds is 7. The van der Waals surface area contributed by atoms with Crippen LogP contribution in [-0.2, 0) is 14.3 Å². The van der Waals surface area contributed by atoms with Gasteiger partial charge < -0.3 is 14.4 Å². The topological polar surface area (TPSA) is 34.2 Å². The van der Waals surface area contributed by atoms with Crippen LogP contribution in [0.15, 0.2) is 0 Å². The zero-order chi connectivity index (χ0) is 17.8.